The molecule has 0 radical (unpaired) electrons. The molecule has 3 rings (SSSR count). The van der Waals surface area contributed by atoms with Crippen LogP contribution in [-0.4, -0.2) is 31.5 Å². The summed E-state index contributed by atoms with van der Waals surface area (Å²) in [5.74, 6) is 1.33. The summed E-state index contributed by atoms with van der Waals surface area (Å²) in [4.78, 5) is 0. The lowest BCUT2D eigenvalue weighted by Gasteiger charge is -2.25. The van der Waals surface area contributed by atoms with Gasteiger partial charge in [0.05, 0.1) is 21.3 Å². The summed E-state index contributed by atoms with van der Waals surface area (Å²) < 4.78 is 16.0. The first-order valence-electron chi connectivity index (χ1n) is 6.98. The molecule has 0 aliphatic heterocycles. The lowest BCUT2D eigenvalue weighted by Crippen LogP contribution is -2.08. The van der Waals surface area contributed by atoms with E-state index in [9.17, 15) is 10.2 Å². The number of phenols is 2. The van der Waals surface area contributed by atoms with Gasteiger partial charge >= 0.3 is 0 Å². The van der Waals surface area contributed by atoms with Gasteiger partial charge in [-0.2, -0.15) is 0 Å². The van der Waals surface area contributed by atoms with Gasteiger partial charge in [-0.1, -0.05) is 0 Å². The smallest absolute Gasteiger partial charge is 0.201 e. The van der Waals surface area contributed by atoms with Crippen LogP contribution in [0.1, 0.15) is 11.1 Å². The predicted molar refractivity (Wildman–Crippen MR) is 82.3 cm³/mol. The van der Waals surface area contributed by atoms with Crippen LogP contribution in [0.15, 0.2) is 18.2 Å². The third-order valence-corrected chi connectivity index (χ3v) is 4.08. The van der Waals surface area contributed by atoms with Gasteiger partial charge in [0.2, 0.25) is 5.75 Å². The van der Waals surface area contributed by atoms with Crippen molar-refractivity contribution in [3.05, 3.63) is 29.3 Å². The van der Waals surface area contributed by atoms with Crippen LogP contribution < -0.4 is 14.2 Å². The topological polar surface area (TPSA) is 68.2 Å². The minimum atomic E-state index is -0.0244. The number of aryl methyl sites for hydroxylation is 1. The summed E-state index contributed by atoms with van der Waals surface area (Å²) in [6.07, 6.45) is 1.48. The molecular formula is C17H18O5. The van der Waals surface area contributed by atoms with Crippen LogP contribution in [0.4, 0.5) is 0 Å². The molecule has 116 valence electrons. The molecule has 0 amide bonds. The Morgan fingerprint density at radius 3 is 2.27 bits per heavy atom. The fraction of sp³-hybridized carbons (Fsp3) is 0.294. The summed E-state index contributed by atoms with van der Waals surface area (Å²) in [5.41, 5.74) is 3.66. The third-order valence-electron chi connectivity index (χ3n) is 4.08. The van der Waals surface area contributed by atoms with E-state index < -0.39 is 0 Å². The van der Waals surface area contributed by atoms with Gasteiger partial charge in [-0.15, -0.1) is 0 Å². The fourth-order valence-corrected chi connectivity index (χ4v) is 3.11. The Bertz CT molecular complexity index is 737. The van der Waals surface area contributed by atoms with Crippen LogP contribution in [0.3, 0.4) is 0 Å². The van der Waals surface area contributed by atoms with Crippen molar-refractivity contribution in [2.75, 3.05) is 21.3 Å². The van der Waals surface area contributed by atoms with E-state index >= 15 is 0 Å². The highest BCUT2D eigenvalue weighted by Crippen LogP contribution is 2.51. The molecule has 5 nitrogen and oxygen atoms in total. The number of fused-ring (bicyclic) bond motifs is 3. The van der Waals surface area contributed by atoms with Crippen LogP contribution in [0, 0.1) is 0 Å². The Balaban J connectivity index is 2.33. The molecule has 22 heavy (non-hydrogen) atoms. The lowest BCUT2D eigenvalue weighted by molar-refractivity contribution is 0.339. The van der Waals surface area contributed by atoms with Crippen LogP contribution >= 0.6 is 0 Å². The SMILES string of the molecule is COc1cc2c(c(OC)c1O)-c1ccc(O)c(OC)c1CC2. The van der Waals surface area contributed by atoms with Gasteiger partial charge in [0, 0.05) is 11.1 Å². The number of phenolic OH excluding ortho intramolecular Hbond substituents is 2. The fourth-order valence-electron chi connectivity index (χ4n) is 3.11. The second-order valence-corrected chi connectivity index (χ2v) is 5.14. The highest BCUT2D eigenvalue weighted by atomic mass is 16.5. The Labute approximate surface area is 128 Å². The molecule has 2 N–H and O–H groups in total. The van der Waals surface area contributed by atoms with Crippen molar-refractivity contribution >= 4 is 0 Å². The van der Waals surface area contributed by atoms with Crippen molar-refractivity contribution in [3.8, 4) is 39.9 Å². The van der Waals surface area contributed by atoms with Crippen molar-refractivity contribution in [1.29, 1.82) is 0 Å². The third kappa shape index (κ3) is 1.93. The minimum absolute atomic E-state index is 0.0244. The number of hydrogen-bond donors (Lipinski definition) is 2. The molecular weight excluding hydrogens is 284 g/mol. The minimum Gasteiger partial charge on any atom is -0.504 e. The maximum Gasteiger partial charge on any atom is 0.201 e. The zero-order valence-electron chi connectivity index (χ0n) is 12.8. The summed E-state index contributed by atoms with van der Waals surface area (Å²) in [6, 6.07) is 5.24. The van der Waals surface area contributed by atoms with Gasteiger partial charge in [-0.25, -0.2) is 0 Å². The lowest BCUT2D eigenvalue weighted by atomic mass is 9.84. The zero-order chi connectivity index (χ0) is 15.9. The highest BCUT2D eigenvalue weighted by Gasteiger charge is 2.28. The molecule has 1 aliphatic rings. The monoisotopic (exact) mass is 302 g/mol. The first kappa shape index (κ1) is 14.4. The average molecular weight is 302 g/mol. The summed E-state index contributed by atoms with van der Waals surface area (Å²) >= 11 is 0. The predicted octanol–water partition coefficient (Wildman–Crippen LogP) is 2.89. The number of rotatable bonds is 3. The normalized spacial score (nSPS) is 12.3. The van der Waals surface area contributed by atoms with Gasteiger partial charge in [-0.05, 0) is 42.2 Å². The van der Waals surface area contributed by atoms with Gasteiger partial charge in [0.15, 0.2) is 23.0 Å². The Kier molecular flexibility index (Phi) is 3.48. The summed E-state index contributed by atoms with van der Waals surface area (Å²) in [6.45, 7) is 0. The second kappa shape index (κ2) is 5.33. The van der Waals surface area contributed by atoms with Crippen LogP contribution in [0.5, 0.6) is 28.7 Å². The number of hydrogen-bond acceptors (Lipinski definition) is 5. The van der Waals surface area contributed by atoms with Crippen LogP contribution in [-0.2, 0) is 12.8 Å². The van der Waals surface area contributed by atoms with Gasteiger partial charge in [-0.3, -0.25) is 0 Å². The van der Waals surface area contributed by atoms with Crippen molar-refractivity contribution in [3.63, 3.8) is 0 Å². The average Bonchev–Trinajstić information content (AvgIpc) is 2.53. The molecule has 5 heteroatoms. The second-order valence-electron chi connectivity index (χ2n) is 5.14. The van der Waals surface area contributed by atoms with Gasteiger partial charge in [0.1, 0.15) is 0 Å². The standard InChI is InChI=1S/C17H18O5/c1-20-13-8-9-4-5-11-10(6-7-12(18)16(11)21-2)14(9)17(22-3)15(13)19/h6-8,18-19H,4-5H2,1-3H3. The largest absolute Gasteiger partial charge is 0.504 e. The van der Waals surface area contributed by atoms with E-state index in [4.69, 9.17) is 14.2 Å². The molecule has 0 spiro atoms. The number of methoxy groups -OCH3 is 3. The summed E-state index contributed by atoms with van der Waals surface area (Å²) in [5, 5.41) is 20.3. The van der Waals surface area contributed by atoms with Crippen molar-refractivity contribution in [2.45, 2.75) is 12.8 Å². The molecule has 2 aromatic carbocycles. The molecule has 0 bridgehead atoms. The van der Waals surface area contributed by atoms with Crippen molar-refractivity contribution < 1.29 is 24.4 Å². The molecule has 0 fully saturated rings. The number of ether oxygens (including phenoxy) is 3. The Morgan fingerprint density at radius 2 is 1.64 bits per heavy atom. The quantitative estimate of drug-likeness (QED) is 0.912. The molecule has 2 aromatic rings. The van der Waals surface area contributed by atoms with Crippen LogP contribution in [0.2, 0.25) is 0 Å². The Hall–Kier alpha value is -2.56. The van der Waals surface area contributed by atoms with Crippen LogP contribution in [0.25, 0.3) is 11.1 Å². The zero-order valence-corrected chi connectivity index (χ0v) is 12.8. The molecule has 1 aliphatic carbocycles. The van der Waals surface area contributed by atoms with E-state index in [1.165, 1.54) is 21.3 Å². The Morgan fingerprint density at radius 1 is 0.909 bits per heavy atom. The maximum atomic E-state index is 10.3. The van der Waals surface area contributed by atoms with Crippen molar-refractivity contribution in [1.82, 2.24) is 0 Å². The number of aromatic hydroxyl groups is 2. The highest BCUT2D eigenvalue weighted by molar-refractivity contribution is 5.85. The van der Waals surface area contributed by atoms with E-state index in [0.29, 0.717) is 17.2 Å². The van der Waals surface area contributed by atoms with Gasteiger partial charge in [0.25, 0.3) is 0 Å². The first-order chi connectivity index (χ1) is 10.6. The molecule has 0 heterocycles. The number of benzene rings is 2. The molecule has 0 atom stereocenters. The van der Waals surface area contributed by atoms with E-state index in [2.05, 4.69) is 0 Å². The molecule has 0 aromatic heterocycles. The van der Waals surface area contributed by atoms with E-state index in [1.54, 1.807) is 6.07 Å². The van der Waals surface area contributed by atoms with E-state index in [1.807, 2.05) is 12.1 Å². The first-order valence-corrected chi connectivity index (χ1v) is 6.98. The maximum absolute atomic E-state index is 10.3. The molecule has 0 saturated carbocycles. The molecule has 0 saturated heterocycles. The van der Waals surface area contributed by atoms with Crippen molar-refractivity contribution in [2.24, 2.45) is 0 Å². The van der Waals surface area contributed by atoms with E-state index in [0.717, 1.165) is 35.1 Å². The van der Waals surface area contributed by atoms with Gasteiger partial charge < -0.3 is 24.4 Å². The summed E-state index contributed by atoms with van der Waals surface area (Å²) in [7, 11) is 4.56. The molecule has 0 unspecified atom stereocenters. The van der Waals surface area contributed by atoms with E-state index in [-0.39, 0.29) is 11.5 Å².